The van der Waals surface area contributed by atoms with E-state index in [4.69, 9.17) is 0 Å². The summed E-state index contributed by atoms with van der Waals surface area (Å²) in [5.74, 6) is 0.123. The Morgan fingerprint density at radius 2 is 1.86 bits per heavy atom. The van der Waals surface area contributed by atoms with Crippen molar-refractivity contribution in [1.82, 2.24) is 5.32 Å². The number of aliphatic hydroxyl groups excluding tert-OH is 1. The summed E-state index contributed by atoms with van der Waals surface area (Å²) < 4.78 is 0. The molecule has 3 nitrogen and oxygen atoms in total. The third kappa shape index (κ3) is 4.52. The van der Waals surface area contributed by atoms with Gasteiger partial charge in [0.1, 0.15) is 0 Å². The van der Waals surface area contributed by atoms with Crippen molar-refractivity contribution in [2.45, 2.75) is 32.4 Å². The predicted molar refractivity (Wildman–Crippen MR) is 89.0 cm³/mol. The maximum atomic E-state index is 12.1. The summed E-state index contributed by atoms with van der Waals surface area (Å²) in [5.41, 5.74) is 2.72. The van der Waals surface area contributed by atoms with Crippen LogP contribution in [0.5, 0.6) is 0 Å². The highest BCUT2D eigenvalue weighted by Gasteiger charge is 2.15. The fourth-order valence-electron chi connectivity index (χ4n) is 2.43. The van der Waals surface area contributed by atoms with Gasteiger partial charge in [0.25, 0.3) is 0 Å². The van der Waals surface area contributed by atoms with Crippen LogP contribution < -0.4 is 5.32 Å². The molecule has 0 aliphatic heterocycles. The fraction of sp³-hybridized carbons (Fsp3) is 0.316. The average Bonchev–Trinajstić information content (AvgIpc) is 2.54. The van der Waals surface area contributed by atoms with E-state index in [1.54, 1.807) is 0 Å². The minimum absolute atomic E-state index is 0.104. The van der Waals surface area contributed by atoms with Gasteiger partial charge < -0.3 is 10.4 Å². The Labute approximate surface area is 132 Å². The van der Waals surface area contributed by atoms with Gasteiger partial charge in [0.2, 0.25) is 0 Å². The number of carbonyl (C=O) groups is 1. The second kappa shape index (κ2) is 7.87. The quantitative estimate of drug-likeness (QED) is 0.771. The molecule has 0 fully saturated rings. The third-order valence-corrected chi connectivity index (χ3v) is 3.77. The Balaban J connectivity index is 1.82. The van der Waals surface area contributed by atoms with Crippen LogP contribution in [0.25, 0.3) is 0 Å². The van der Waals surface area contributed by atoms with Crippen molar-refractivity contribution < 1.29 is 9.90 Å². The Hall–Kier alpha value is -1.97. The molecule has 0 spiro atoms. The van der Waals surface area contributed by atoms with Crippen molar-refractivity contribution in [3.63, 3.8) is 0 Å². The minimum atomic E-state index is -0.574. The number of hydrogen-bond acceptors (Lipinski definition) is 3. The zero-order chi connectivity index (χ0) is 15.9. The molecule has 0 amide bonds. The van der Waals surface area contributed by atoms with E-state index in [1.165, 1.54) is 0 Å². The average molecular weight is 297 g/mol. The predicted octanol–water partition coefficient (Wildman–Crippen LogP) is 3.28. The van der Waals surface area contributed by atoms with Gasteiger partial charge in [-0.1, -0.05) is 54.1 Å². The van der Waals surface area contributed by atoms with Gasteiger partial charge in [-0.3, -0.25) is 4.79 Å². The molecule has 0 bridgehead atoms. The first-order valence-corrected chi connectivity index (χ1v) is 7.64. The number of Topliss-reactive ketones (excluding diaryl/α,β-unsaturated/α-hetero) is 1. The van der Waals surface area contributed by atoms with E-state index in [1.807, 2.05) is 68.4 Å². The summed E-state index contributed by atoms with van der Waals surface area (Å²) in [5, 5.41) is 13.5. The normalized spacial score (nSPS) is 13.6. The van der Waals surface area contributed by atoms with Crippen molar-refractivity contribution in [1.29, 1.82) is 0 Å². The lowest BCUT2D eigenvalue weighted by molar-refractivity contribution is 0.0972. The van der Waals surface area contributed by atoms with Gasteiger partial charge >= 0.3 is 0 Å². The highest BCUT2D eigenvalue weighted by molar-refractivity contribution is 5.96. The first kappa shape index (κ1) is 16.4. The molecule has 2 unspecified atom stereocenters. The molecule has 0 saturated carbocycles. The monoisotopic (exact) mass is 297 g/mol. The maximum absolute atomic E-state index is 12.1. The molecule has 2 N–H and O–H groups in total. The number of carbonyl (C=O) groups excluding carboxylic acids is 1. The molecule has 0 aliphatic carbocycles. The van der Waals surface area contributed by atoms with E-state index < -0.39 is 6.10 Å². The van der Waals surface area contributed by atoms with Gasteiger partial charge in [0.05, 0.1) is 6.10 Å². The zero-order valence-corrected chi connectivity index (χ0v) is 13.1. The van der Waals surface area contributed by atoms with E-state index in [2.05, 4.69) is 5.32 Å². The smallest absolute Gasteiger partial charge is 0.164 e. The summed E-state index contributed by atoms with van der Waals surface area (Å²) in [6.07, 6.45) is -0.148. The molecular formula is C19H23NO2. The van der Waals surface area contributed by atoms with Crippen molar-refractivity contribution in [2.75, 3.05) is 6.54 Å². The largest absolute Gasteiger partial charge is 0.387 e. The number of benzene rings is 2. The molecular weight excluding hydrogens is 274 g/mol. The number of aliphatic hydroxyl groups is 1. The van der Waals surface area contributed by atoms with Gasteiger partial charge in [0.15, 0.2) is 5.78 Å². The summed E-state index contributed by atoms with van der Waals surface area (Å²) in [6, 6.07) is 17.1. The lowest BCUT2D eigenvalue weighted by Gasteiger charge is -2.20. The number of ketones is 1. The number of hydrogen-bond donors (Lipinski definition) is 2. The summed E-state index contributed by atoms with van der Waals surface area (Å²) in [4.78, 5) is 12.1. The third-order valence-electron chi connectivity index (χ3n) is 3.77. The summed E-state index contributed by atoms with van der Waals surface area (Å²) in [7, 11) is 0. The highest BCUT2D eigenvalue weighted by Crippen LogP contribution is 2.16. The Morgan fingerprint density at radius 1 is 1.14 bits per heavy atom. The molecule has 0 aromatic heterocycles. The summed E-state index contributed by atoms with van der Waals surface area (Å²) in [6.45, 7) is 4.46. The number of aryl methyl sites for hydroxylation is 1. The van der Waals surface area contributed by atoms with Gasteiger partial charge in [-0.25, -0.2) is 0 Å². The molecule has 2 aromatic carbocycles. The van der Waals surface area contributed by atoms with Gasteiger partial charge in [-0.2, -0.15) is 0 Å². The molecule has 116 valence electrons. The second-order valence-corrected chi connectivity index (χ2v) is 5.64. The van der Waals surface area contributed by atoms with Crippen molar-refractivity contribution in [2.24, 2.45) is 0 Å². The molecule has 22 heavy (non-hydrogen) atoms. The van der Waals surface area contributed by atoms with E-state index in [9.17, 15) is 9.90 Å². The SMILES string of the molecule is Cc1cccc(C(=O)CCNC(C)C(O)c2ccccc2)c1. The van der Waals surface area contributed by atoms with Crippen LogP contribution in [0.1, 0.15) is 40.9 Å². The summed E-state index contributed by atoms with van der Waals surface area (Å²) >= 11 is 0. The van der Waals surface area contributed by atoms with Crippen LogP contribution >= 0.6 is 0 Å². The van der Waals surface area contributed by atoms with Crippen LogP contribution in [0, 0.1) is 6.92 Å². The Morgan fingerprint density at radius 3 is 2.55 bits per heavy atom. The van der Waals surface area contributed by atoms with Gasteiger partial charge in [-0.05, 0) is 25.5 Å². The molecule has 0 aliphatic rings. The van der Waals surface area contributed by atoms with Crippen LogP contribution in [0.3, 0.4) is 0 Å². The van der Waals surface area contributed by atoms with Crippen LogP contribution in [-0.4, -0.2) is 23.5 Å². The Bertz CT molecular complexity index is 610. The number of rotatable bonds is 7. The fourth-order valence-corrected chi connectivity index (χ4v) is 2.43. The van der Waals surface area contributed by atoms with Crippen LogP contribution in [-0.2, 0) is 0 Å². The molecule has 2 aromatic rings. The van der Waals surface area contributed by atoms with Crippen molar-refractivity contribution >= 4 is 5.78 Å². The molecule has 3 heteroatoms. The topological polar surface area (TPSA) is 49.3 Å². The van der Waals surface area contributed by atoms with E-state index in [0.717, 1.165) is 16.7 Å². The van der Waals surface area contributed by atoms with Gasteiger partial charge in [0, 0.05) is 24.6 Å². The van der Waals surface area contributed by atoms with Crippen LogP contribution in [0.15, 0.2) is 54.6 Å². The molecule has 0 saturated heterocycles. The first-order valence-electron chi connectivity index (χ1n) is 7.64. The van der Waals surface area contributed by atoms with Crippen LogP contribution in [0.2, 0.25) is 0 Å². The molecule has 0 heterocycles. The first-order chi connectivity index (χ1) is 10.6. The molecule has 0 radical (unpaired) electrons. The molecule has 2 rings (SSSR count). The maximum Gasteiger partial charge on any atom is 0.164 e. The highest BCUT2D eigenvalue weighted by atomic mass is 16.3. The standard InChI is InChI=1S/C19H23NO2/c1-14-7-6-10-17(13-14)18(21)11-12-20-15(2)19(22)16-8-4-3-5-9-16/h3-10,13,15,19-20,22H,11-12H2,1-2H3. The van der Waals surface area contributed by atoms with Crippen molar-refractivity contribution in [3.05, 3.63) is 71.3 Å². The van der Waals surface area contributed by atoms with Crippen LogP contribution in [0.4, 0.5) is 0 Å². The number of nitrogens with one attached hydrogen (secondary N) is 1. The Kier molecular flexibility index (Phi) is 5.87. The van der Waals surface area contributed by atoms with E-state index >= 15 is 0 Å². The molecule has 2 atom stereocenters. The lowest BCUT2D eigenvalue weighted by Crippen LogP contribution is -2.33. The zero-order valence-electron chi connectivity index (χ0n) is 13.1. The van der Waals surface area contributed by atoms with Gasteiger partial charge in [-0.15, -0.1) is 0 Å². The van der Waals surface area contributed by atoms with Crippen molar-refractivity contribution in [3.8, 4) is 0 Å². The van der Waals surface area contributed by atoms with E-state index in [-0.39, 0.29) is 11.8 Å². The lowest BCUT2D eigenvalue weighted by atomic mass is 10.0. The van der Waals surface area contributed by atoms with E-state index in [0.29, 0.717) is 13.0 Å². The second-order valence-electron chi connectivity index (χ2n) is 5.64. The minimum Gasteiger partial charge on any atom is -0.387 e.